The third-order valence-electron chi connectivity index (χ3n) is 9.00. The number of nitrogens with one attached hydrogen (secondary N) is 1. The van der Waals surface area contributed by atoms with Crippen LogP contribution in [0.2, 0.25) is 0 Å². The summed E-state index contributed by atoms with van der Waals surface area (Å²) in [5.41, 5.74) is 1.55. The number of carbonyl (C=O) groups excluding carboxylic acids is 1. The quantitative estimate of drug-likeness (QED) is 0.549. The lowest BCUT2D eigenvalue weighted by Crippen LogP contribution is -2.84. The first-order chi connectivity index (χ1) is 15.7. The molecule has 2 aliphatic carbocycles. The summed E-state index contributed by atoms with van der Waals surface area (Å²) in [6.07, 6.45) is 1.83. The standard InChI is InChI=1S/C25H27N3O5/c1-13-20-18-12-15-7-8-19(29)22-21(15)24(20,9-10-27(18)3)25(13,33-22)14(2)26-23(30)16-5-4-6-17(11-16)28(31)32/h4-8,11,13-14,18,20,29H,9-10,12H2,1-3H3,(H,26,30)/t13?,14-,18?,20?,24?,25?/m0/s1. The molecule has 5 unspecified atom stereocenters. The fourth-order valence-corrected chi connectivity index (χ4v) is 7.82. The van der Waals surface area contributed by atoms with Gasteiger partial charge in [0.1, 0.15) is 5.60 Å². The molecule has 172 valence electrons. The largest absolute Gasteiger partial charge is 0.504 e. The predicted molar refractivity (Wildman–Crippen MR) is 121 cm³/mol. The number of hydrogen-bond acceptors (Lipinski definition) is 6. The van der Waals surface area contributed by atoms with Gasteiger partial charge in [0.05, 0.1) is 11.0 Å². The summed E-state index contributed by atoms with van der Waals surface area (Å²) < 4.78 is 6.71. The number of benzene rings is 2. The zero-order valence-corrected chi connectivity index (χ0v) is 18.9. The van der Waals surface area contributed by atoms with E-state index in [0.717, 1.165) is 24.9 Å². The Morgan fingerprint density at radius 3 is 2.91 bits per heavy atom. The van der Waals surface area contributed by atoms with Crippen LogP contribution >= 0.6 is 0 Å². The second-order valence-corrected chi connectivity index (χ2v) is 10.1. The van der Waals surface area contributed by atoms with E-state index in [9.17, 15) is 20.0 Å². The van der Waals surface area contributed by atoms with Gasteiger partial charge in [0.25, 0.3) is 11.6 Å². The van der Waals surface area contributed by atoms with Gasteiger partial charge in [0, 0.05) is 40.6 Å². The third-order valence-corrected chi connectivity index (χ3v) is 9.00. The molecule has 8 heteroatoms. The summed E-state index contributed by atoms with van der Waals surface area (Å²) in [4.78, 5) is 26.2. The van der Waals surface area contributed by atoms with Crippen LogP contribution in [0.25, 0.3) is 0 Å². The Morgan fingerprint density at radius 2 is 2.15 bits per heavy atom. The number of non-ortho nitro benzene ring substituents is 1. The van der Waals surface area contributed by atoms with E-state index in [0.29, 0.717) is 17.7 Å². The molecule has 0 aromatic heterocycles. The van der Waals surface area contributed by atoms with Crippen molar-refractivity contribution in [3.8, 4) is 11.5 Å². The summed E-state index contributed by atoms with van der Waals surface area (Å²) in [7, 11) is 2.18. The minimum absolute atomic E-state index is 0.117. The van der Waals surface area contributed by atoms with E-state index in [1.807, 2.05) is 13.0 Å². The Bertz CT molecular complexity index is 1210. The number of phenols is 1. The van der Waals surface area contributed by atoms with Crippen molar-refractivity contribution < 1.29 is 19.6 Å². The van der Waals surface area contributed by atoms with Crippen molar-refractivity contribution in [2.45, 2.75) is 49.8 Å². The van der Waals surface area contributed by atoms with E-state index < -0.39 is 10.5 Å². The highest BCUT2D eigenvalue weighted by molar-refractivity contribution is 5.95. The molecule has 0 radical (unpaired) electrons. The van der Waals surface area contributed by atoms with E-state index in [-0.39, 0.29) is 40.3 Å². The van der Waals surface area contributed by atoms with Crippen LogP contribution in [0.4, 0.5) is 5.69 Å². The van der Waals surface area contributed by atoms with Crippen molar-refractivity contribution in [3.63, 3.8) is 0 Å². The van der Waals surface area contributed by atoms with Gasteiger partial charge in [-0.3, -0.25) is 14.9 Å². The van der Waals surface area contributed by atoms with Crippen LogP contribution in [0, 0.1) is 22.0 Å². The van der Waals surface area contributed by atoms with Gasteiger partial charge in [-0.25, -0.2) is 0 Å². The summed E-state index contributed by atoms with van der Waals surface area (Å²) in [6, 6.07) is 9.54. The highest BCUT2D eigenvalue weighted by atomic mass is 16.6. The zero-order chi connectivity index (χ0) is 23.3. The Morgan fingerprint density at radius 1 is 1.36 bits per heavy atom. The fraction of sp³-hybridized carbons (Fsp3) is 0.480. The topological polar surface area (TPSA) is 105 Å². The monoisotopic (exact) mass is 449 g/mol. The maximum atomic E-state index is 13.1. The molecule has 2 aromatic rings. The molecule has 2 aromatic carbocycles. The fourth-order valence-electron chi connectivity index (χ4n) is 7.82. The number of nitrogens with zero attached hydrogens (tertiary/aromatic N) is 2. The molecule has 2 aliphatic heterocycles. The number of aromatic hydroxyl groups is 1. The smallest absolute Gasteiger partial charge is 0.270 e. The minimum Gasteiger partial charge on any atom is -0.504 e. The van der Waals surface area contributed by atoms with E-state index in [4.69, 9.17) is 4.74 Å². The maximum Gasteiger partial charge on any atom is 0.270 e. The lowest BCUT2D eigenvalue weighted by atomic mass is 9.35. The molecular weight excluding hydrogens is 422 g/mol. The van der Waals surface area contributed by atoms with Crippen molar-refractivity contribution in [2.24, 2.45) is 11.8 Å². The third kappa shape index (κ3) is 2.27. The van der Waals surface area contributed by atoms with E-state index in [2.05, 4.69) is 24.2 Å². The number of rotatable bonds is 4. The van der Waals surface area contributed by atoms with E-state index >= 15 is 0 Å². The molecular formula is C25H27N3O5. The van der Waals surface area contributed by atoms with Gasteiger partial charge in [-0.15, -0.1) is 0 Å². The van der Waals surface area contributed by atoms with Crippen molar-refractivity contribution in [2.75, 3.05) is 13.6 Å². The summed E-state index contributed by atoms with van der Waals surface area (Å²) in [6.45, 7) is 5.08. The number of carbonyl (C=O) groups is 1. The molecule has 4 aliphatic rings. The van der Waals surface area contributed by atoms with Crippen molar-refractivity contribution in [3.05, 3.63) is 63.2 Å². The molecule has 2 heterocycles. The molecule has 1 spiro atoms. The Kier molecular flexibility index (Phi) is 4.01. The number of likely N-dealkylation sites (N-methyl/N-ethyl adjacent to an activating group) is 1. The maximum absolute atomic E-state index is 13.1. The number of nitro benzene ring substituents is 1. The molecule has 33 heavy (non-hydrogen) atoms. The van der Waals surface area contributed by atoms with Crippen molar-refractivity contribution >= 4 is 11.6 Å². The van der Waals surface area contributed by atoms with Crippen LogP contribution in [0.3, 0.4) is 0 Å². The molecule has 6 atom stereocenters. The van der Waals surface area contributed by atoms with Gasteiger partial charge in [0.2, 0.25) is 0 Å². The Hall–Kier alpha value is -3.13. The molecule has 1 amide bonds. The van der Waals surface area contributed by atoms with Gasteiger partial charge in [0.15, 0.2) is 11.5 Å². The van der Waals surface area contributed by atoms with Crippen molar-refractivity contribution in [1.29, 1.82) is 0 Å². The van der Waals surface area contributed by atoms with Crippen LogP contribution in [0.15, 0.2) is 36.4 Å². The van der Waals surface area contributed by atoms with Crippen LogP contribution < -0.4 is 10.1 Å². The zero-order valence-electron chi connectivity index (χ0n) is 18.9. The lowest BCUT2D eigenvalue weighted by molar-refractivity contribution is -0.384. The Labute approximate surface area is 191 Å². The first-order valence-corrected chi connectivity index (χ1v) is 11.5. The van der Waals surface area contributed by atoms with Crippen LogP contribution in [-0.2, 0) is 11.8 Å². The molecule has 2 fully saturated rings. The van der Waals surface area contributed by atoms with Gasteiger partial charge in [-0.05, 0) is 57.0 Å². The van der Waals surface area contributed by atoms with Gasteiger partial charge in [-0.1, -0.05) is 19.1 Å². The number of amides is 1. The second kappa shape index (κ2) is 6.47. The molecule has 2 bridgehead atoms. The first kappa shape index (κ1) is 20.5. The van der Waals surface area contributed by atoms with Gasteiger partial charge in [-0.2, -0.15) is 0 Å². The average molecular weight is 450 g/mol. The van der Waals surface area contributed by atoms with E-state index in [1.165, 1.54) is 23.8 Å². The molecule has 8 nitrogen and oxygen atoms in total. The van der Waals surface area contributed by atoms with Crippen LogP contribution in [0.5, 0.6) is 11.5 Å². The lowest BCUT2D eigenvalue weighted by Gasteiger charge is -2.72. The minimum atomic E-state index is -0.677. The number of likely N-dealkylation sites (tertiary alicyclic amines) is 1. The first-order valence-electron chi connectivity index (χ1n) is 11.5. The SMILES string of the molecule is CC1C2C3Cc4ccc(O)c5c4C2(CCN3C)C1([C@H](C)NC(=O)c1cccc([N+](=O)[O-])c1)O5. The van der Waals surface area contributed by atoms with Crippen LogP contribution in [0.1, 0.15) is 41.8 Å². The number of hydrogen-bond donors (Lipinski definition) is 2. The molecule has 6 rings (SSSR count). The second-order valence-electron chi connectivity index (χ2n) is 10.1. The summed E-state index contributed by atoms with van der Waals surface area (Å²) in [5, 5.41) is 25.0. The summed E-state index contributed by atoms with van der Waals surface area (Å²) >= 11 is 0. The number of piperidine rings is 1. The number of phenolic OH excluding ortho intramolecular Hbond substituents is 1. The average Bonchev–Trinajstić information content (AvgIpc) is 3.08. The van der Waals surface area contributed by atoms with E-state index in [1.54, 1.807) is 12.1 Å². The molecule has 1 saturated heterocycles. The number of ether oxygens (including phenoxy) is 1. The molecule has 2 N–H and O–H groups in total. The van der Waals surface area contributed by atoms with Gasteiger partial charge < -0.3 is 20.1 Å². The highest BCUT2D eigenvalue weighted by Crippen LogP contribution is 2.75. The Balaban J connectivity index is 1.41. The predicted octanol–water partition coefficient (Wildman–Crippen LogP) is 3.01. The highest BCUT2D eigenvalue weighted by Gasteiger charge is 2.82. The molecule has 1 saturated carbocycles. The summed E-state index contributed by atoms with van der Waals surface area (Å²) in [5.74, 6) is 0.894. The van der Waals surface area contributed by atoms with Crippen LogP contribution in [-0.4, -0.2) is 52.1 Å². The van der Waals surface area contributed by atoms with Gasteiger partial charge >= 0.3 is 0 Å². The normalized spacial score (nSPS) is 34.0. The number of nitro groups is 1. The van der Waals surface area contributed by atoms with Crippen molar-refractivity contribution in [1.82, 2.24) is 10.2 Å².